The summed E-state index contributed by atoms with van der Waals surface area (Å²) in [5.41, 5.74) is -0.141. The fraction of sp³-hybridized carbons (Fsp3) is 0.417. The number of nitrogens with one attached hydrogen (secondary N) is 3. The molecule has 0 radical (unpaired) electrons. The molecular formula is C12H17FN4O2. The first kappa shape index (κ1) is 14.9. The fourth-order valence-electron chi connectivity index (χ4n) is 1.33. The van der Waals surface area contributed by atoms with E-state index in [4.69, 9.17) is 0 Å². The average Bonchev–Trinajstić information content (AvgIpc) is 2.43. The van der Waals surface area contributed by atoms with Crippen molar-refractivity contribution in [3.05, 3.63) is 23.6 Å². The first-order valence-electron chi connectivity index (χ1n) is 5.97. The van der Waals surface area contributed by atoms with E-state index in [1.54, 1.807) is 0 Å². The van der Waals surface area contributed by atoms with Gasteiger partial charge in [-0.05, 0) is 12.5 Å². The normalized spacial score (nSPS) is 9.84. The largest absolute Gasteiger partial charge is 0.368 e. The summed E-state index contributed by atoms with van der Waals surface area (Å²) in [6.45, 7) is 2.30. The molecule has 1 aromatic rings. The minimum atomic E-state index is -0.717. The standard InChI is InChI=1S/C12H17FN4O2/c1-3-5-15-11-10(13)8(4-6-16-11)12(19)17-7-9(18)14-2/h4,6H,3,5,7H2,1-2H3,(H,14,18)(H,15,16)(H,17,19). The summed E-state index contributed by atoms with van der Waals surface area (Å²) in [5, 5.41) is 7.47. The lowest BCUT2D eigenvalue weighted by Crippen LogP contribution is -2.35. The van der Waals surface area contributed by atoms with E-state index >= 15 is 0 Å². The lowest BCUT2D eigenvalue weighted by molar-refractivity contribution is -0.119. The Labute approximate surface area is 110 Å². The van der Waals surface area contributed by atoms with Crippen molar-refractivity contribution in [2.24, 2.45) is 0 Å². The first-order valence-corrected chi connectivity index (χ1v) is 5.97. The number of halogens is 1. The number of likely N-dealkylation sites (N-methyl/N-ethyl adjacent to an activating group) is 1. The Balaban J connectivity index is 2.76. The van der Waals surface area contributed by atoms with Crippen LogP contribution in [-0.2, 0) is 4.79 Å². The maximum Gasteiger partial charge on any atom is 0.254 e. The maximum atomic E-state index is 14.0. The van der Waals surface area contributed by atoms with Crippen LogP contribution in [0.5, 0.6) is 0 Å². The minimum absolute atomic E-state index is 0.0365. The molecule has 0 fully saturated rings. The Morgan fingerprint density at radius 3 is 2.79 bits per heavy atom. The molecular weight excluding hydrogens is 251 g/mol. The van der Waals surface area contributed by atoms with Gasteiger partial charge in [-0.3, -0.25) is 9.59 Å². The van der Waals surface area contributed by atoms with Gasteiger partial charge in [-0.15, -0.1) is 0 Å². The van der Waals surface area contributed by atoms with Crippen LogP contribution in [0.15, 0.2) is 12.3 Å². The van der Waals surface area contributed by atoms with Gasteiger partial charge in [0.05, 0.1) is 12.1 Å². The van der Waals surface area contributed by atoms with Gasteiger partial charge < -0.3 is 16.0 Å². The summed E-state index contributed by atoms with van der Waals surface area (Å²) < 4.78 is 14.0. The first-order chi connectivity index (χ1) is 9.10. The van der Waals surface area contributed by atoms with Crippen LogP contribution in [-0.4, -0.2) is 36.9 Å². The molecule has 0 unspecified atom stereocenters. The minimum Gasteiger partial charge on any atom is -0.368 e. The molecule has 19 heavy (non-hydrogen) atoms. The monoisotopic (exact) mass is 268 g/mol. The Morgan fingerprint density at radius 2 is 2.16 bits per heavy atom. The van der Waals surface area contributed by atoms with Gasteiger partial charge in [-0.2, -0.15) is 0 Å². The number of nitrogens with zero attached hydrogens (tertiary/aromatic N) is 1. The molecule has 3 N–H and O–H groups in total. The number of pyridine rings is 1. The van der Waals surface area contributed by atoms with Crippen molar-refractivity contribution in [1.29, 1.82) is 0 Å². The number of carbonyl (C=O) groups is 2. The van der Waals surface area contributed by atoms with Crippen molar-refractivity contribution in [2.75, 3.05) is 25.5 Å². The van der Waals surface area contributed by atoms with E-state index in [1.165, 1.54) is 19.3 Å². The summed E-state index contributed by atoms with van der Waals surface area (Å²) in [4.78, 5) is 26.5. The van der Waals surface area contributed by atoms with Crippen LogP contribution in [0.2, 0.25) is 0 Å². The SMILES string of the molecule is CCCNc1nccc(C(=O)NCC(=O)NC)c1F. The van der Waals surface area contributed by atoms with Crippen molar-refractivity contribution in [1.82, 2.24) is 15.6 Å². The molecule has 0 saturated carbocycles. The van der Waals surface area contributed by atoms with E-state index in [2.05, 4.69) is 20.9 Å². The number of hydrogen-bond donors (Lipinski definition) is 3. The molecule has 1 aromatic heterocycles. The Hall–Kier alpha value is -2.18. The smallest absolute Gasteiger partial charge is 0.254 e. The van der Waals surface area contributed by atoms with Crippen LogP contribution in [0, 0.1) is 5.82 Å². The summed E-state index contributed by atoms with van der Waals surface area (Å²) in [5.74, 6) is -1.69. The highest BCUT2D eigenvalue weighted by molar-refractivity contribution is 5.97. The van der Waals surface area contributed by atoms with Crippen molar-refractivity contribution in [2.45, 2.75) is 13.3 Å². The second-order valence-corrected chi connectivity index (χ2v) is 3.80. The van der Waals surface area contributed by atoms with Crippen molar-refractivity contribution >= 4 is 17.6 Å². The van der Waals surface area contributed by atoms with Crippen LogP contribution in [0.1, 0.15) is 23.7 Å². The lowest BCUT2D eigenvalue weighted by Gasteiger charge is -2.09. The van der Waals surface area contributed by atoms with Gasteiger partial charge in [0.1, 0.15) is 0 Å². The molecule has 0 spiro atoms. The fourth-order valence-corrected chi connectivity index (χ4v) is 1.33. The van der Waals surface area contributed by atoms with E-state index in [0.29, 0.717) is 6.54 Å². The highest BCUT2D eigenvalue weighted by Crippen LogP contribution is 2.14. The Morgan fingerprint density at radius 1 is 1.42 bits per heavy atom. The third-order valence-electron chi connectivity index (χ3n) is 2.36. The molecule has 0 atom stereocenters. The molecule has 1 heterocycles. The van der Waals surface area contributed by atoms with Crippen molar-refractivity contribution in [3.8, 4) is 0 Å². The van der Waals surface area contributed by atoms with E-state index in [1.807, 2.05) is 6.92 Å². The van der Waals surface area contributed by atoms with Gasteiger partial charge in [-0.25, -0.2) is 9.37 Å². The second kappa shape index (κ2) is 7.30. The Bertz CT molecular complexity index is 465. The number of aromatic nitrogens is 1. The van der Waals surface area contributed by atoms with Crippen molar-refractivity contribution in [3.63, 3.8) is 0 Å². The van der Waals surface area contributed by atoms with Gasteiger partial charge in [0.15, 0.2) is 11.6 Å². The molecule has 0 aromatic carbocycles. The summed E-state index contributed by atoms with van der Waals surface area (Å²) in [7, 11) is 1.45. The molecule has 0 aliphatic heterocycles. The van der Waals surface area contributed by atoms with E-state index in [0.717, 1.165) is 6.42 Å². The zero-order valence-electron chi connectivity index (χ0n) is 10.9. The molecule has 0 bridgehead atoms. The number of carbonyl (C=O) groups excluding carboxylic acids is 2. The van der Waals surface area contributed by atoms with Crippen LogP contribution in [0.4, 0.5) is 10.2 Å². The molecule has 1 rings (SSSR count). The highest BCUT2D eigenvalue weighted by Gasteiger charge is 2.16. The van der Waals surface area contributed by atoms with Crippen LogP contribution < -0.4 is 16.0 Å². The quantitative estimate of drug-likeness (QED) is 0.702. The maximum absolute atomic E-state index is 14.0. The zero-order chi connectivity index (χ0) is 14.3. The lowest BCUT2D eigenvalue weighted by atomic mass is 10.2. The molecule has 6 nitrogen and oxygen atoms in total. The summed E-state index contributed by atoms with van der Waals surface area (Å²) in [6.07, 6.45) is 2.16. The molecule has 104 valence electrons. The predicted molar refractivity (Wildman–Crippen MR) is 69.4 cm³/mol. The molecule has 0 aliphatic carbocycles. The van der Waals surface area contributed by atoms with Gasteiger partial charge in [0, 0.05) is 19.8 Å². The number of amides is 2. The molecule has 2 amide bonds. The molecule has 0 aliphatic rings. The molecule has 7 heteroatoms. The van der Waals surface area contributed by atoms with Crippen LogP contribution in [0.3, 0.4) is 0 Å². The van der Waals surface area contributed by atoms with Gasteiger partial charge in [0.25, 0.3) is 5.91 Å². The number of anilines is 1. The average molecular weight is 268 g/mol. The summed E-state index contributed by atoms with van der Waals surface area (Å²) in [6, 6.07) is 1.27. The third kappa shape index (κ3) is 4.20. The topological polar surface area (TPSA) is 83.1 Å². The van der Waals surface area contributed by atoms with Gasteiger partial charge >= 0.3 is 0 Å². The highest BCUT2D eigenvalue weighted by atomic mass is 19.1. The predicted octanol–water partition coefficient (Wildman–Crippen LogP) is 0.518. The van der Waals surface area contributed by atoms with Crippen LogP contribution >= 0.6 is 0 Å². The van der Waals surface area contributed by atoms with E-state index in [-0.39, 0.29) is 23.8 Å². The van der Waals surface area contributed by atoms with E-state index < -0.39 is 11.7 Å². The van der Waals surface area contributed by atoms with Gasteiger partial charge in [0.2, 0.25) is 5.91 Å². The Kier molecular flexibility index (Phi) is 5.72. The third-order valence-corrected chi connectivity index (χ3v) is 2.36. The zero-order valence-corrected chi connectivity index (χ0v) is 10.9. The van der Waals surface area contributed by atoms with Crippen LogP contribution in [0.25, 0.3) is 0 Å². The summed E-state index contributed by atoms with van der Waals surface area (Å²) >= 11 is 0. The number of rotatable bonds is 6. The van der Waals surface area contributed by atoms with Crippen molar-refractivity contribution < 1.29 is 14.0 Å². The molecule has 0 saturated heterocycles. The number of hydrogen-bond acceptors (Lipinski definition) is 4. The van der Waals surface area contributed by atoms with Gasteiger partial charge in [-0.1, -0.05) is 6.92 Å². The second-order valence-electron chi connectivity index (χ2n) is 3.80. The van der Waals surface area contributed by atoms with E-state index in [9.17, 15) is 14.0 Å².